The van der Waals surface area contributed by atoms with Crippen molar-refractivity contribution in [1.82, 2.24) is 0 Å². The van der Waals surface area contributed by atoms with Gasteiger partial charge in [0.15, 0.2) is 0 Å². The van der Waals surface area contributed by atoms with Crippen molar-refractivity contribution in [2.45, 2.75) is 6.42 Å². The summed E-state index contributed by atoms with van der Waals surface area (Å²) in [6.07, 6.45) is 0.281. The second-order valence-electron chi connectivity index (χ2n) is 3.26. The molecule has 90 valence electrons. The van der Waals surface area contributed by atoms with Crippen molar-refractivity contribution in [3.05, 3.63) is 31.9 Å². The zero-order chi connectivity index (χ0) is 12.4. The first-order chi connectivity index (χ1) is 8.10. The SMILES string of the molecule is COC(=O)Cc1cc(Br)sc1-c1ccc(Cl)s1. The number of thiophene rings is 2. The van der Waals surface area contributed by atoms with E-state index in [1.165, 1.54) is 18.4 Å². The highest BCUT2D eigenvalue weighted by atomic mass is 79.9. The largest absolute Gasteiger partial charge is 0.469 e. The maximum atomic E-state index is 11.3. The summed E-state index contributed by atoms with van der Waals surface area (Å²) >= 11 is 12.5. The summed E-state index contributed by atoms with van der Waals surface area (Å²) in [6.45, 7) is 0. The van der Waals surface area contributed by atoms with Crippen molar-refractivity contribution in [3.63, 3.8) is 0 Å². The zero-order valence-corrected chi connectivity index (χ0v) is 12.8. The lowest BCUT2D eigenvalue weighted by atomic mass is 10.2. The van der Waals surface area contributed by atoms with Gasteiger partial charge in [-0.1, -0.05) is 11.6 Å². The number of methoxy groups -OCH3 is 1. The van der Waals surface area contributed by atoms with Gasteiger partial charge in [-0.15, -0.1) is 22.7 Å². The van der Waals surface area contributed by atoms with E-state index in [0.29, 0.717) is 0 Å². The van der Waals surface area contributed by atoms with Crippen molar-refractivity contribution in [3.8, 4) is 9.75 Å². The molecule has 0 amide bonds. The Morgan fingerprint density at radius 1 is 1.47 bits per heavy atom. The van der Waals surface area contributed by atoms with Crippen LogP contribution < -0.4 is 0 Å². The fraction of sp³-hybridized carbons (Fsp3) is 0.182. The molecule has 17 heavy (non-hydrogen) atoms. The van der Waals surface area contributed by atoms with Gasteiger partial charge in [-0.2, -0.15) is 0 Å². The third-order valence-electron chi connectivity index (χ3n) is 2.14. The lowest BCUT2D eigenvalue weighted by Crippen LogP contribution is -2.04. The Labute approximate surface area is 120 Å². The van der Waals surface area contributed by atoms with Crippen molar-refractivity contribution in [2.24, 2.45) is 0 Å². The highest BCUT2D eigenvalue weighted by molar-refractivity contribution is 9.11. The lowest BCUT2D eigenvalue weighted by molar-refractivity contribution is -0.139. The van der Waals surface area contributed by atoms with Crippen LogP contribution in [-0.2, 0) is 16.0 Å². The van der Waals surface area contributed by atoms with Gasteiger partial charge in [0.2, 0.25) is 0 Å². The van der Waals surface area contributed by atoms with Crippen LogP contribution in [0.25, 0.3) is 9.75 Å². The third-order valence-corrected chi connectivity index (χ3v) is 5.23. The first-order valence-electron chi connectivity index (χ1n) is 4.71. The molecule has 0 aliphatic rings. The molecule has 0 bridgehead atoms. The minimum absolute atomic E-state index is 0.237. The van der Waals surface area contributed by atoms with Crippen LogP contribution in [-0.4, -0.2) is 13.1 Å². The van der Waals surface area contributed by atoms with E-state index < -0.39 is 0 Å². The summed E-state index contributed by atoms with van der Waals surface area (Å²) in [7, 11) is 1.39. The van der Waals surface area contributed by atoms with Gasteiger partial charge in [-0.25, -0.2) is 0 Å². The molecular weight excluding hydrogens is 344 g/mol. The van der Waals surface area contributed by atoms with Crippen molar-refractivity contribution in [1.29, 1.82) is 0 Å². The Bertz CT molecular complexity index is 547. The van der Waals surface area contributed by atoms with Crippen LogP contribution in [0.2, 0.25) is 4.34 Å². The van der Waals surface area contributed by atoms with E-state index in [0.717, 1.165) is 23.4 Å². The highest BCUT2D eigenvalue weighted by Gasteiger charge is 2.15. The topological polar surface area (TPSA) is 26.3 Å². The molecule has 2 rings (SSSR count). The molecular formula is C11H8BrClO2S2. The molecule has 0 spiro atoms. The number of halogens is 2. The zero-order valence-electron chi connectivity index (χ0n) is 8.83. The monoisotopic (exact) mass is 350 g/mol. The van der Waals surface area contributed by atoms with Crippen LogP contribution >= 0.6 is 50.2 Å². The number of carbonyl (C=O) groups excluding carboxylic acids is 1. The average molecular weight is 352 g/mol. The second kappa shape index (κ2) is 5.52. The van der Waals surface area contributed by atoms with Gasteiger partial charge in [-0.3, -0.25) is 4.79 Å². The van der Waals surface area contributed by atoms with Crippen LogP contribution in [0.1, 0.15) is 5.56 Å². The first kappa shape index (κ1) is 13.1. The number of hydrogen-bond donors (Lipinski definition) is 0. The van der Waals surface area contributed by atoms with Crippen molar-refractivity contribution < 1.29 is 9.53 Å². The molecule has 0 saturated heterocycles. The molecule has 2 nitrogen and oxygen atoms in total. The summed E-state index contributed by atoms with van der Waals surface area (Å²) in [4.78, 5) is 13.5. The van der Waals surface area contributed by atoms with Crippen LogP contribution in [0.5, 0.6) is 0 Å². The molecule has 2 heterocycles. The van der Waals surface area contributed by atoms with Gasteiger partial charge >= 0.3 is 5.97 Å². The van der Waals surface area contributed by atoms with Crippen LogP contribution in [0.3, 0.4) is 0 Å². The van der Waals surface area contributed by atoms with Gasteiger partial charge in [0.05, 0.1) is 21.7 Å². The summed E-state index contributed by atoms with van der Waals surface area (Å²) in [5.41, 5.74) is 0.965. The summed E-state index contributed by atoms with van der Waals surface area (Å²) in [5, 5.41) is 0. The number of hydrogen-bond acceptors (Lipinski definition) is 4. The minimum atomic E-state index is -0.237. The summed E-state index contributed by atoms with van der Waals surface area (Å²) < 4.78 is 6.43. The van der Waals surface area contributed by atoms with Gasteiger partial charge in [0.1, 0.15) is 0 Å². The van der Waals surface area contributed by atoms with Crippen LogP contribution in [0, 0.1) is 0 Å². The molecule has 0 aromatic carbocycles. The maximum Gasteiger partial charge on any atom is 0.310 e. The number of rotatable bonds is 3. The van der Waals surface area contributed by atoms with Gasteiger partial charge in [0, 0.05) is 9.75 Å². The van der Waals surface area contributed by atoms with Crippen molar-refractivity contribution >= 4 is 56.2 Å². The maximum absolute atomic E-state index is 11.3. The molecule has 0 radical (unpaired) electrons. The number of ether oxygens (including phenoxy) is 1. The molecule has 2 aromatic rings. The van der Waals surface area contributed by atoms with E-state index >= 15 is 0 Å². The average Bonchev–Trinajstić information content (AvgIpc) is 2.85. The Morgan fingerprint density at radius 3 is 2.82 bits per heavy atom. The van der Waals surface area contributed by atoms with Crippen LogP contribution in [0.15, 0.2) is 22.0 Å². The second-order valence-corrected chi connectivity index (χ2v) is 7.41. The van der Waals surface area contributed by atoms with Gasteiger partial charge in [-0.05, 0) is 39.7 Å². The van der Waals surface area contributed by atoms with E-state index in [-0.39, 0.29) is 12.4 Å². The normalized spacial score (nSPS) is 10.5. The standard InChI is InChI=1S/C11H8BrClO2S2/c1-15-10(14)5-6-4-8(12)17-11(6)7-2-3-9(13)16-7/h2-4H,5H2,1H3. The van der Waals surface area contributed by atoms with Crippen molar-refractivity contribution in [2.75, 3.05) is 7.11 Å². The predicted octanol–water partition coefficient (Wildman–Crippen LogP) is 4.61. The summed E-state index contributed by atoms with van der Waals surface area (Å²) in [6, 6.07) is 5.77. The molecule has 0 unspecified atom stereocenters. The van der Waals surface area contributed by atoms with Gasteiger partial charge in [0.25, 0.3) is 0 Å². The molecule has 0 fully saturated rings. The molecule has 0 saturated carbocycles. The number of esters is 1. The van der Waals surface area contributed by atoms with Gasteiger partial charge < -0.3 is 4.74 Å². The molecule has 2 aromatic heterocycles. The predicted molar refractivity (Wildman–Crippen MR) is 76.1 cm³/mol. The fourth-order valence-electron chi connectivity index (χ4n) is 1.40. The lowest BCUT2D eigenvalue weighted by Gasteiger charge is -2.00. The van der Waals surface area contributed by atoms with E-state index in [1.807, 2.05) is 18.2 Å². The smallest absolute Gasteiger partial charge is 0.310 e. The highest BCUT2D eigenvalue weighted by Crippen LogP contribution is 2.40. The summed E-state index contributed by atoms with van der Waals surface area (Å²) in [5.74, 6) is -0.237. The Balaban J connectivity index is 2.36. The molecule has 0 atom stereocenters. The Kier molecular flexibility index (Phi) is 4.25. The van der Waals surface area contributed by atoms with E-state index in [9.17, 15) is 4.79 Å². The first-order valence-corrected chi connectivity index (χ1v) is 7.51. The molecule has 0 aliphatic carbocycles. The molecule has 0 aliphatic heterocycles. The fourth-order valence-corrected chi connectivity index (χ4v) is 4.26. The molecule has 0 N–H and O–H groups in total. The third kappa shape index (κ3) is 3.10. The quantitative estimate of drug-likeness (QED) is 0.755. The van der Waals surface area contributed by atoms with E-state index in [1.54, 1.807) is 11.3 Å². The van der Waals surface area contributed by atoms with Crippen LogP contribution in [0.4, 0.5) is 0 Å². The minimum Gasteiger partial charge on any atom is -0.469 e. The molecule has 6 heteroatoms. The number of carbonyl (C=O) groups is 1. The Hall–Kier alpha value is -0.360. The Morgan fingerprint density at radius 2 is 2.24 bits per heavy atom. The van der Waals surface area contributed by atoms with E-state index in [4.69, 9.17) is 11.6 Å². The van der Waals surface area contributed by atoms with E-state index in [2.05, 4.69) is 20.7 Å².